The summed E-state index contributed by atoms with van der Waals surface area (Å²) in [4.78, 5) is 15.9. The molecule has 1 fully saturated rings. The van der Waals surface area contributed by atoms with E-state index in [1.807, 2.05) is 53.1 Å². The maximum absolute atomic E-state index is 12.1. The maximum atomic E-state index is 12.1. The van der Waals surface area contributed by atoms with E-state index in [1.54, 1.807) is 4.90 Å². The van der Waals surface area contributed by atoms with E-state index in [0.29, 0.717) is 12.5 Å². The molecule has 1 saturated heterocycles. The predicted molar refractivity (Wildman–Crippen MR) is 96.8 cm³/mol. The lowest BCUT2D eigenvalue weighted by atomic mass is 9.98. The van der Waals surface area contributed by atoms with Crippen LogP contribution < -0.4 is 9.64 Å². The number of ether oxygens (including phenoxy) is 2. The number of benzene rings is 1. The van der Waals surface area contributed by atoms with Crippen LogP contribution in [0.1, 0.15) is 33.6 Å². The summed E-state index contributed by atoms with van der Waals surface area (Å²) in [5.41, 5.74) is 0.649. The van der Waals surface area contributed by atoms with Crippen molar-refractivity contribution in [3.8, 4) is 5.75 Å². The van der Waals surface area contributed by atoms with E-state index < -0.39 is 5.60 Å². The first kappa shape index (κ1) is 18.4. The molecule has 1 amide bonds. The summed E-state index contributed by atoms with van der Waals surface area (Å²) in [6, 6.07) is 8.07. The van der Waals surface area contributed by atoms with Crippen molar-refractivity contribution in [2.45, 2.75) is 39.2 Å². The van der Waals surface area contributed by atoms with E-state index in [2.05, 4.69) is 11.0 Å². The minimum absolute atomic E-state index is 0.208. The first-order chi connectivity index (χ1) is 11.3. The molecule has 0 spiro atoms. The second-order valence-electron chi connectivity index (χ2n) is 7.58. The van der Waals surface area contributed by atoms with Crippen molar-refractivity contribution in [1.29, 1.82) is 0 Å². The van der Waals surface area contributed by atoms with Gasteiger partial charge in [-0.2, -0.15) is 0 Å². The molecule has 0 aliphatic carbocycles. The van der Waals surface area contributed by atoms with Gasteiger partial charge in [0.15, 0.2) is 0 Å². The summed E-state index contributed by atoms with van der Waals surface area (Å²) in [6.45, 7) is 7.85. The van der Waals surface area contributed by atoms with Gasteiger partial charge in [0.05, 0.1) is 12.3 Å². The highest BCUT2D eigenvalue weighted by Crippen LogP contribution is 2.28. The number of hydrogen-bond donors (Lipinski definition) is 0. The molecule has 5 nitrogen and oxygen atoms in total. The molecule has 0 bridgehead atoms. The van der Waals surface area contributed by atoms with Gasteiger partial charge < -0.3 is 19.3 Å². The smallest absolute Gasteiger partial charge is 0.410 e. The summed E-state index contributed by atoms with van der Waals surface area (Å²) in [5, 5.41) is 0. The second-order valence-corrected chi connectivity index (χ2v) is 7.58. The fourth-order valence-electron chi connectivity index (χ4n) is 2.76. The van der Waals surface area contributed by atoms with Crippen molar-refractivity contribution >= 4 is 11.8 Å². The van der Waals surface area contributed by atoms with Gasteiger partial charge >= 0.3 is 6.09 Å². The minimum atomic E-state index is -0.438. The maximum Gasteiger partial charge on any atom is 0.410 e. The van der Waals surface area contributed by atoms with Crippen LogP contribution in [0.5, 0.6) is 5.75 Å². The standard InChI is InChI=1S/C19H30N2O3/c1-19(2,3)24-18(22)21-12-10-15(11-13-21)14-23-17-9-7-6-8-16(17)20(4)5/h6-9,15H,10-14H2,1-5H3. The molecule has 134 valence electrons. The van der Waals surface area contributed by atoms with E-state index >= 15 is 0 Å². The largest absolute Gasteiger partial charge is 0.491 e. The van der Waals surface area contributed by atoms with Crippen molar-refractivity contribution in [3.63, 3.8) is 0 Å². The lowest BCUT2D eigenvalue weighted by Gasteiger charge is -2.33. The van der Waals surface area contributed by atoms with E-state index in [-0.39, 0.29) is 6.09 Å². The average Bonchev–Trinajstić information content (AvgIpc) is 2.52. The molecule has 0 unspecified atom stereocenters. The van der Waals surface area contributed by atoms with Gasteiger partial charge in [-0.15, -0.1) is 0 Å². The second kappa shape index (κ2) is 7.77. The topological polar surface area (TPSA) is 42.0 Å². The normalized spacial score (nSPS) is 16.0. The van der Waals surface area contributed by atoms with Crippen LogP contribution in [0.4, 0.5) is 10.5 Å². The van der Waals surface area contributed by atoms with Gasteiger partial charge in [0.25, 0.3) is 0 Å². The zero-order valence-corrected chi connectivity index (χ0v) is 15.5. The third-order valence-electron chi connectivity index (χ3n) is 4.09. The van der Waals surface area contributed by atoms with E-state index in [9.17, 15) is 4.79 Å². The number of carbonyl (C=O) groups excluding carboxylic acids is 1. The first-order valence-electron chi connectivity index (χ1n) is 8.63. The van der Waals surface area contributed by atoms with Crippen LogP contribution in [-0.4, -0.2) is 50.4 Å². The van der Waals surface area contributed by atoms with Crippen molar-refractivity contribution in [1.82, 2.24) is 4.90 Å². The Hall–Kier alpha value is -1.91. The van der Waals surface area contributed by atoms with Gasteiger partial charge in [0.1, 0.15) is 11.4 Å². The Morgan fingerprint density at radius 2 is 1.83 bits per heavy atom. The van der Waals surface area contributed by atoms with Gasteiger partial charge in [-0.3, -0.25) is 0 Å². The van der Waals surface area contributed by atoms with E-state index in [4.69, 9.17) is 9.47 Å². The van der Waals surface area contributed by atoms with Gasteiger partial charge in [-0.1, -0.05) is 12.1 Å². The lowest BCUT2D eigenvalue weighted by molar-refractivity contribution is 0.0165. The molecule has 0 aromatic heterocycles. The van der Waals surface area contributed by atoms with Crippen LogP contribution in [0.2, 0.25) is 0 Å². The van der Waals surface area contributed by atoms with E-state index in [1.165, 1.54) is 0 Å². The molecule has 1 heterocycles. The molecule has 1 aromatic rings. The molecule has 0 saturated carbocycles. The monoisotopic (exact) mass is 334 g/mol. The Balaban J connectivity index is 1.81. The van der Waals surface area contributed by atoms with Gasteiger partial charge in [-0.05, 0) is 51.7 Å². The number of anilines is 1. The molecule has 1 aliphatic heterocycles. The molecule has 1 aromatic carbocycles. The third-order valence-corrected chi connectivity index (χ3v) is 4.09. The van der Waals surface area contributed by atoms with Crippen molar-refractivity contribution in [2.24, 2.45) is 5.92 Å². The summed E-state index contributed by atoms with van der Waals surface area (Å²) in [5.74, 6) is 1.39. The molecule has 0 N–H and O–H groups in total. The highest BCUT2D eigenvalue weighted by atomic mass is 16.6. The third kappa shape index (κ3) is 5.32. The highest BCUT2D eigenvalue weighted by Gasteiger charge is 2.27. The van der Waals surface area contributed by atoms with Crippen molar-refractivity contribution < 1.29 is 14.3 Å². The number of amides is 1. The average molecular weight is 334 g/mol. The number of rotatable bonds is 4. The number of carbonyl (C=O) groups is 1. The number of nitrogens with zero attached hydrogens (tertiary/aromatic N) is 2. The van der Waals surface area contributed by atoms with Gasteiger partial charge in [0, 0.05) is 27.2 Å². The van der Waals surface area contributed by atoms with Crippen LogP contribution in [-0.2, 0) is 4.74 Å². The Kier molecular flexibility index (Phi) is 5.97. The predicted octanol–water partition coefficient (Wildman–Crippen LogP) is 3.78. The molecule has 5 heteroatoms. The Bertz CT molecular complexity index is 544. The van der Waals surface area contributed by atoms with Crippen LogP contribution in [0.3, 0.4) is 0 Å². The van der Waals surface area contributed by atoms with Crippen LogP contribution in [0, 0.1) is 5.92 Å². The summed E-state index contributed by atoms with van der Waals surface area (Å²) in [7, 11) is 4.03. The lowest BCUT2D eigenvalue weighted by Crippen LogP contribution is -2.42. The molecular formula is C19H30N2O3. The number of piperidine rings is 1. The molecule has 1 aliphatic rings. The Labute approximate surface area is 145 Å². The SMILES string of the molecule is CN(C)c1ccccc1OCC1CCN(C(=O)OC(C)(C)C)CC1. The fourth-order valence-corrected chi connectivity index (χ4v) is 2.76. The molecule has 0 radical (unpaired) electrons. The van der Waals surface area contributed by atoms with Crippen LogP contribution in [0.15, 0.2) is 24.3 Å². The van der Waals surface area contributed by atoms with Crippen molar-refractivity contribution in [3.05, 3.63) is 24.3 Å². The van der Waals surface area contributed by atoms with Crippen LogP contribution >= 0.6 is 0 Å². The highest BCUT2D eigenvalue weighted by molar-refractivity contribution is 5.68. The number of hydrogen-bond acceptors (Lipinski definition) is 4. The van der Waals surface area contributed by atoms with Crippen LogP contribution in [0.25, 0.3) is 0 Å². The van der Waals surface area contributed by atoms with Crippen molar-refractivity contribution in [2.75, 3.05) is 38.7 Å². The minimum Gasteiger partial charge on any atom is -0.491 e. The molecular weight excluding hydrogens is 304 g/mol. The molecule has 24 heavy (non-hydrogen) atoms. The summed E-state index contributed by atoms with van der Waals surface area (Å²) in [6.07, 6.45) is 1.69. The number of likely N-dealkylation sites (tertiary alicyclic amines) is 1. The fraction of sp³-hybridized carbons (Fsp3) is 0.632. The molecule has 2 rings (SSSR count). The summed E-state index contributed by atoms with van der Waals surface area (Å²) < 4.78 is 11.5. The first-order valence-corrected chi connectivity index (χ1v) is 8.63. The number of para-hydroxylation sites is 2. The zero-order chi connectivity index (χ0) is 17.7. The Morgan fingerprint density at radius 1 is 1.21 bits per heavy atom. The molecule has 0 atom stereocenters. The van der Waals surface area contributed by atoms with Gasteiger partial charge in [0.2, 0.25) is 0 Å². The Morgan fingerprint density at radius 3 is 2.42 bits per heavy atom. The zero-order valence-electron chi connectivity index (χ0n) is 15.5. The summed E-state index contributed by atoms with van der Waals surface area (Å²) >= 11 is 0. The van der Waals surface area contributed by atoms with Gasteiger partial charge in [-0.25, -0.2) is 4.79 Å². The quantitative estimate of drug-likeness (QED) is 0.840. The van der Waals surface area contributed by atoms with E-state index in [0.717, 1.165) is 37.4 Å².